The molecule has 0 aliphatic heterocycles. The lowest BCUT2D eigenvalue weighted by Gasteiger charge is -2.11. The summed E-state index contributed by atoms with van der Waals surface area (Å²) in [5.41, 5.74) is 0.211. The fraction of sp³-hybridized carbons (Fsp3) is 0.273. The molecule has 0 unspecified atom stereocenters. The predicted octanol–water partition coefficient (Wildman–Crippen LogP) is 2.45. The minimum atomic E-state index is -0.981. The first kappa shape index (κ1) is 16.8. The van der Waals surface area contributed by atoms with Gasteiger partial charge in [-0.3, -0.25) is 4.79 Å². The normalized spacial score (nSPS) is 10.1. The molecule has 0 saturated heterocycles. The minimum absolute atomic E-state index is 0.0301. The quantitative estimate of drug-likeness (QED) is 0.268. The maximum Gasteiger partial charge on any atom is 0.335 e. The second-order valence-electron chi connectivity index (χ2n) is 3.30. The molecule has 1 N–H and O–H groups in total. The number of aromatic carboxylic acids is 1. The molecule has 0 amide bonds. The molecule has 0 aromatic heterocycles. The molecular weight excluding hydrogens is 498 g/mol. The molecule has 0 spiro atoms. The van der Waals surface area contributed by atoms with Crippen LogP contribution >= 0.6 is 57.8 Å². The first-order valence-electron chi connectivity index (χ1n) is 5.07. The number of carboxylic acid groups (broad SMARTS) is 1. The Morgan fingerprint density at radius 2 is 1.79 bits per heavy atom. The smallest absolute Gasteiger partial charge is 0.335 e. The van der Waals surface area contributed by atoms with Crippen molar-refractivity contribution < 1.29 is 24.2 Å². The van der Waals surface area contributed by atoms with Crippen LogP contribution in [0.5, 0.6) is 5.75 Å². The Morgan fingerprint density at radius 1 is 1.21 bits per heavy atom. The summed E-state index contributed by atoms with van der Waals surface area (Å²) in [6.45, 7) is 0.337. The molecule has 1 rings (SSSR count). The zero-order valence-corrected chi connectivity index (χ0v) is 14.8. The number of carboxylic acids is 1. The van der Waals surface area contributed by atoms with Gasteiger partial charge in [0, 0.05) is 0 Å². The van der Waals surface area contributed by atoms with E-state index in [-0.39, 0.29) is 24.5 Å². The Kier molecular flexibility index (Phi) is 7.21. The van der Waals surface area contributed by atoms with Gasteiger partial charge in [0.1, 0.15) is 19.0 Å². The number of thiol groups is 1. The third-order valence-electron chi connectivity index (χ3n) is 1.97. The van der Waals surface area contributed by atoms with Gasteiger partial charge in [-0.05, 0) is 57.3 Å². The lowest BCUT2D eigenvalue weighted by atomic mass is 10.2. The number of halogens is 2. The van der Waals surface area contributed by atoms with Gasteiger partial charge in [0.25, 0.3) is 0 Å². The highest BCUT2D eigenvalue weighted by Gasteiger charge is 2.12. The molecule has 8 heteroatoms. The number of rotatable bonds is 6. The molecule has 104 valence electrons. The lowest BCUT2D eigenvalue weighted by molar-refractivity contribution is -0.141. The van der Waals surface area contributed by atoms with E-state index < -0.39 is 11.9 Å². The summed E-state index contributed by atoms with van der Waals surface area (Å²) in [5, 5.41) is 8.91. The van der Waals surface area contributed by atoms with E-state index >= 15 is 0 Å². The van der Waals surface area contributed by atoms with Crippen molar-refractivity contribution in [1.29, 1.82) is 0 Å². The number of hydrogen-bond acceptors (Lipinski definition) is 5. The fourth-order valence-corrected chi connectivity index (χ4v) is 3.34. The van der Waals surface area contributed by atoms with Crippen molar-refractivity contribution in [2.45, 2.75) is 0 Å². The maximum absolute atomic E-state index is 10.9. The number of carbonyl (C=O) groups is 2. The van der Waals surface area contributed by atoms with Crippen molar-refractivity contribution in [3.8, 4) is 5.75 Å². The molecule has 0 bridgehead atoms. The van der Waals surface area contributed by atoms with E-state index in [4.69, 9.17) is 14.6 Å². The molecule has 0 aliphatic rings. The van der Waals surface area contributed by atoms with E-state index in [1.807, 2.05) is 45.2 Å². The number of ether oxygens (including phenoxy) is 2. The summed E-state index contributed by atoms with van der Waals surface area (Å²) in [6.07, 6.45) is 0. The summed E-state index contributed by atoms with van der Waals surface area (Å²) in [6, 6.07) is 3.06. The SMILES string of the molecule is O=C(CS)OCCOc1c(I)cc(C(=O)O)cc1I. The van der Waals surface area contributed by atoms with Gasteiger partial charge in [-0.15, -0.1) is 0 Å². The molecule has 0 saturated carbocycles. The molecule has 0 heterocycles. The highest BCUT2D eigenvalue weighted by Crippen LogP contribution is 2.28. The summed E-state index contributed by atoms with van der Waals surface area (Å²) in [5.74, 6) is -0.765. The van der Waals surface area contributed by atoms with Crippen molar-refractivity contribution in [3.63, 3.8) is 0 Å². The van der Waals surface area contributed by atoms with Crippen LogP contribution in [0.2, 0.25) is 0 Å². The molecule has 1 aromatic carbocycles. The van der Waals surface area contributed by atoms with E-state index in [2.05, 4.69) is 12.6 Å². The molecule has 0 aliphatic carbocycles. The third kappa shape index (κ3) is 5.34. The monoisotopic (exact) mass is 508 g/mol. The van der Waals surface area contributed by atoms with Gasteiger partial charge in [-0.2, -0.15) is 12.6 Å². The van der Waals surface area contributed by atoms with E-state index in [1.165, 1.54) is 12.1 Å². The summed E-state index contributed by atoms with van der Waals surface area (Å²) in [7, 11) is 0. The largest absolute Gasteiger partial charge is 0.488 e. The minimum Gasteiger partial charge on any atom is -0.488 e. The van der Waals surface area contributed by atoms with Crippen LogP contribution in [0.4, 0.5) is 0 Å². The summed E-state index contributed by atoms with van der Waals surface area (Å²) >= 11 is 7.79. The van der Waals surface area contributed by atoms with Crippen LogP contribution in [-0.4, -0.2) is 36.0 Å². The molecule has 0 radical (unpaired) electrons. The Bertz CT molecular complexity index is 469. The van der Waals surface area contributed by atoms with Crippen molar-refractivity contribution in [2.75, 3.05) is 19.0 Å². The second-order valence-corrected chi connectivity index (χ2v) is 5.94. The first-order valence-corrected chi connectivity index (χ1v) is 7.86. The van der Waals surface area contributed by atoms with Gasteiger partial charge in [0.05, 0.1) is 18.5 Å². The van der Waals surface area contributed by atoms with E-state index in [9.17, 15) is 9.59 Å². The molecular formula is C11H10I2O5S. The molecule has 1 aromatic rings. The third-order valence-corrected chi connectivity index (χ3v) is 3.83. The van der Waals surface area contributed by atoms with Gasteiger partial charge in [0.15, 0.2) is 0 Å². The molecule has 0 atom stereocenters. The fourth-order valence-electron chi connectivity index (χ4n) is 1.17. The van der Waals surface area contributed by atoms with Crippen molar-refractivity contribution >= 4 is 69.7 Å². The average Bonchev–Trinajstić information content (AvgIpc) is 2.36. The lowest BCUT2D eigenvalue weighted by Crippen LogP contribution is -2.14. The van der Waals surface area contributed by atoms with E-state index in [1.54, 1.807) is 0 Å². The average molecular weight is 508 g/mol. The zero-order valence-electron chi connectivity index (χ0n) is 9.56. The van der Waals surface area contributed by atoms with Gasteiger partial charge < -0.3 is 14.6 Å². The van der Waals surface area contributed by atoms with Gasteiger partial charge >= 0.3 is 11.9 Å². The van der Waals surface area contributed by atoms with E-state index in [0.717, 1.165) is 0 Å². The Morgan fingerprint density at radius 3 is 2.26 bits per heavy atom. The molecule has 5 nitrogen and oxygen atoms in total. The number of benzene rings is 1. The second kappa shape index (κ2) is 8.15. The van der Waals surface area contributed by atoms with Crippen molar-refractivity contribution in [1.82, 2.24) is 0 Å². The van der Waals surface area contributed by atoms with Gasteiger partial charge in [-0.1, -0.05) is 0 Å². The Labute approximate surface area is 142 Å². The number of carbonyl (C=O) groups excluding carboxylic acids is 1. The topological polar surface area (TPSA) is 72.8 Å². The maximum atomic E-state index is 10.9. The van der Waals surface area contributed by atoms with Crippen LogP contribution in [0, 0.1) is 7.14 Å². The highest BCUT2D eigenvalue weighted by atomic mass is 127. The Hall–Kier alpha value is -0.230. The summed E-state index contributed by atoms with van der Waals surface area (Å²) < 4.78 is 11.7. The standard InChI is InChI=1S/C11H10I2O5S/c12-7-3-6(11(15)16)4-8(13)10(7)18-2-1-17-9(14)5-19/h3-4,19H,1-2,5H2,(H,15,16). The molecule has 0 fully saturated rings. The van der Waals surface area contributed by atoms with Crippen LogP contribution < -0.4 is 4.74 Å². The van der Waals surface area contributed by atoms with Crippen LogP contribution in [-0.2, 0) is 9.53 Å². The predicted molar refractivity (Wildman–Crippen MR) is 89.1 cm³/mol. The van der Waals surface area contributed by atoms with Gasteiger partial charge in [-0.25, -0.2) is 4.79 Å². The van der Waals surface area contributed by atoms with E-state index in [0.29, 0.717) is 12.9 Å². The van der Waals surface area contributed by atoms with Crippen LogP contribution in [0.3, 0.4) is 0 Å². The van der Waals surface area contributed by atoms with Crippen LogP contribution in [0.25, 0.3) is 0 Å². The van der Waals surface area contributed by atoms with Crippen molar-refractivity contribution in [3.05, 3.63) is 24.8 Å². The number of hydrogen-bond donors (Lipinski definition) is 2. The number of esters is 1. The molecule has 19 heavy (non-hydrogen) atoms. The Balaban J connectivity index is 2.64. The zero-order chi connectivity index (χ0) is 14.4. The van der Waals surface area contributed by atoms with Crippen LogP contribution in [0.15, 0.2) is 12.1 Å². The summed E-state index contributed by atoms with van der Waals surface area (Å²) in [4.78, 5) is 21.7. The van der Waals surface area contributed by atoms with Crippen LogP contribution in [0.1, 0.15) is 10.4 Å². The van der Waals surface area contributed by atoms with Crippen molar-refractivity contribution in [2.24, 2.45) is 0 Å². The van der Waals surface area contributed by atoms with Gasteiger partial charge in [0.2, 0.25) is 0 Å². The first-order chi connectivity index (χ1) is 8.95. The highest BCUT2D eigenvalue weighted by molar-refractivity contribution is 14.1.